The van der Waals surface area contributed by atoms with Crippen molar-refractivity contribution in [2.45, 2.75) is 46.1 Å². The van der Waals surface area contributed by atoms with Crippen LogP contribution in [0.25, 0.3) is 10.6 Å². The molecule has 0 saturated heterocycles. The molecular formula is C15H22N4S2. The Morgan fingerprint density at radius 2 is 2.24 bits per heavy atom. The van der Waals surface area contributed by atoms with Crippen LogP contribution in [-0.2, 0) is 0 Å². The minimum absolute atomic E-state index is 0.523. The smallest absolute Gasteiger partial charge is 0.149 e. The molecule has 2 heterocycles. The second kappa shape index (κ2) is 5.93. The number of nitrogen functional groups attached to an aromatic ring is 1. The van der Waals surface area contributed by atoms with E-state index in [0.717, 1.165) is 27.2 Å². The molecular weight excluding hydrogens is 300 g/mol. The first-order valence-electron chi connectivity index (χ1n) is 7.54. The van der Waals surface area contributed by atoms with E-state index in [9.17, 15) is 0 Å². The summed E-state index contributed by atoms with van der Waals surface area (Å²) in [5.41, 5.74) is 8.10. The zero-order valence-electron chi connectivity index (χ0n) is 12.7. The number of anilines is 2. The highest BCUT2D eigenvalue weighted by Crippen LogP contribution is 2.42. The number of thiazole rings is 1. The molecule has 3 N–H and O–H groups in total. The van der Waals surface area contributed by atoms with Gasteiger partial charge < -0.3 is 11.1 Å². The molecule has 0 amide bonds. The minimum atomic E-state index is 0.523. The molecule has 1 aliphatic rings. The van der Waals surface area contributed by atoms with E-state index in [1.165, 1.54) is 30.8 Å². The number of nitrogens with one attached hydrogen (secondary N) is 1. The van der Waals surface area contributed by atoms with Crippen molar-refractivity contribution in [3.8, 4) is 10.6 Å². The Bertz CT molecular complexity index is 619. The van der Waals surface area contributed by atoms with Crippen molar-refractivity contribution in [2.75, 3.05) is 11.1 Å². The molecule has 1 fully saturated rings. The summed E-state index contributed by atoms with van der Waals surface area (Å²) < 4.78 is 4.33. The van der Waals surface area contributed by atoms with Crippen molar-refractivity contribution < 1.29 is 0 Å². The first-order valence-corrected chi connectivity index (χ1v) is 9.19. The molecule has 0 aromatic carbocycles. The summed E-state index contributed by atoms with van der Waals surface area (Å²) in [6.45, 7) is 6.66. The van der Waals surface area contributed by atoms with Crippen molar-refractivity contribution in [1.29, 1.82) is 0 Å². The van der Waals surface area contributed by atoms with E-state index in [1.807, 2.05) is 6.92 Å². The Morgan fingerprint density at radius 3 is 2.86 bits per heavy atom. The van der Waals surface area contributed by atoms with Crippen LogP contribution in [0.5, 0.6) is 0 Å². The van der Waals surface area contributed by atoms with Crippen molar-refractivity contribution in [3.05, 3.63) is 11.1 Å². The standard InChI is InChI=1S/C15H22N4S2/c1-4-10-5-6-11(9(10)3)18-15-12(13(16)19-21-15)14-17-8(2)7-20-14/h7,9-11,18H,4-6H2,1-3H3,(H2,16,19). The van der Waals surface area contributed by atoms with Crippen LogP contribution in [0, 0.1) is 18.8 Å². The number of aromatic nitrogens is 2. The largest absolute Gasteiger partial charge is 0.382 e. The summed E-state index contributed by atoms with van der Waals surface area (Å²) in [5.74, 6) is 2.12. The molecule has 1 aliphatic carbocycles. The van der Waals surface area contributed by atoms with Crippen LogP contribution in [0.4, 0.5) is 10.8 Å². The quantitative estimate of drug-likeness (QED) is 0.876. The fourth-order valence-electron chi connectivity index (χ4n) is 3.27. The molecule has 3 rings (SSSR count). The summed E-state index contributed by atoms with van der Waals surface area (Å²) in [6.07, 6.45) is 3.81. The van der Waals surface area contributed by atoms with E-state index < -0.39 is 0 Å². The van der Waals surface area contributed by atoms with Crippen molar-refractivity contribution >= 4 is 33.7 Å². The van der Waals surface area contributed by atoms with Crippen LogP contribution < -0.4 is 11.1 Å². The molecule has 114 valence electrons. The van der Waals surface area contributed by atoms with Gasteiger partial charge in [-0.2, -0.15) is 4.37 Å². The lowest BCUT2D eigenvalue weighted by molar-refractivity contribution is 0.392. The lowest BCUT2D eigenvalue weighted by Crippen LogP contribution is -2.24. The highest BCUT2D eigenvalue weighted by atomic mass is 32.1. The fourth-order valence-corrected chi connectivity index (χ4v) is 4.97. The van der Waals surface area contributed by atoms with Crippen LogP contribution in [0.1, 0.15) is 38.8 Å². The third-order valence-electron chi connectivity index (χ3n) is 4.62. The van der Waals surface area contributed by atoms with Gasteiger partial charge in [-0.15, -0.1) is 11.3 Å². The first kappa shape index (κ1) is 14.8. The molecule has 0 aliphatic heterocycles. The number of nitrogens with two attached hydrogens (primary N) is 1. The van der Waals surface area contributed by atoms with Crippen LogP contribution >= 0.6 is 22.9 Å². The van der Waals surface area contributed by atoms with Gasteiger partial charge in [0.1, 0.15) is 15.8 Å². The number of hydrogen-bond donors (Lipinski definition) is 2. The molecule has 2 aromatic rings. The zero-order valence-corrected chi connectivity index (χ0v) is 14.4. The van der Waals surface area contributed by atoms with Gasteiger partial charge in [0.05, 0.1) is 5.56 Å². The molecule has 1 saturated carbocycles. The Hall–Kier alpha value is -1.14. The number of aryl methyl sites for hydroxylation is 1. The molecule has 6 heteroatoms. The predicted molar refractivity (Wildman–Crippen MR) is 92.0 cm³/mol. The van der Waals surface area contributed by atoms with Gasteiger partial charge in [0.25, 0.3) is 0 Å². The average molecular weight is 323 g/mol. The lowest BCUT2D eigenvalue weighted by Gasteiger charge is -2.21. The molecule has 0 spiro atoms. The Morgan fingerprint density at radius 1 is 1.43 bits per heavy atom. The second-order valence-corrected chi connectivity index (χ2v) is 7.55. The van der Waals surface area contributed by atoms with Crippen molar-refractivity contribution in [2.24, 2.45) is 11.8 Å². The first-order chi connectivity index (χ1) is 10.1. The van der Waals surface area contributed by atoms with Crippen LogP contribution in [0.15, 0.2) is 5.38 Å². The maximum atomic E-state index is 6.07. The van der Waals surface area contributed by atoms with E-state index in [0.29, 0.717) is 17.8 Å². The van der Waals surface area contributed by atoms with Gasteiger partial charge in [-0.1, -0.05) is 20.3 Å². The van der Waals surface area contributed by atoms with Gasteiger partial charge in [0, 0.05) is 17.1 Å². The SMILES string of the molecule is CCC1CCC(Nc2snc(N)c2-c2nc(C)cs2)C1C. The highest BCUT2D eigenvalue weighted by Gasteiger charge is 2.32. The van der Waals surface area contributed by atoms with Crippen LogP contribution in [0.3, 0.4) is 0 Å². The van der Waals surface area contributed by atoms with Crippen LogP contribution in [0.2, 0.25) is 0 Å². The normalized spacial score (nSPS) is 25.4. The fraction of sp³-hybridized carbons (Fsp3) is 0.600. The van der Waals surface area contributed by atoms with E-state index in [4.69, 9.17) is 5.73 Å². The number of nitrogens with zero attached hydrogens (tertiary/aromatic N) is 2. The summed E-state index contributed by atoms with van der Waals surface area (Å²) in [6, 6.07) is 0.523. The van der Waals surface area contributed by atoms with Gasteiger partial charge in [-0.25, -0.2) is 4.98 Å². The monoisotopic (exact) mass is 322 g/mol. The van der Waals surface area contributed by atoms with Gasteiger partial charge in [0.2, 0.25) is 0 Å². The Balaban J connectivity index is 1.84. The molecule has 21 heavy (non-hydrogen) atoms. The summed E-state index contributed by atoms with van der Waals surface area (Å²) in [4.78, 5) is 4.56. The average Bonchev–Trinajstić information content (AvgIpc) is 3.12. The molecule has 3 unspecified atom stereocenters. The Kier molecular flexibility index (Phi) is 4.17. The van der Waals surface area contributed by atoms with Gasteiger partial charge >= 0.3 is 0 Å². The molecule has 3 atom stereocenters. The van der Waals surface area contributed by atoms with Crippen LogP contribution in [-0.4, -0.2) is 15.4 Å². The van der Waals surface area contributed by atoms with E-state index in [-0.39, 0.29) is 0 Å². The zero-order chi connectivity index (χ0) is 15.0. The molecule has 4 nitrogen and oxygen atoms in total. The van der Waals surface area contributed by atoms with Gasteiger partial charge in [0.15, 0.2) is 0 Å². The van der Waals surface area contributed by atoms with Crippen molar-refractivity contribution in [1.82, 2.24) is 9.36 Å². The van der Waals surface area contributed by atoms with Gasteiger partial charge in [-0.3, -0.25) is 0 Å². The summed E-state index contributed by atoms with van der Waals surface area (Å²) >= 11 is 3.09. The van der Waals surface area contributed by atoms with Gasteiger partial charge in [-0.05, 0) is 43.1 Å². The molecule has 0 bridgehead atoms. The maximum Gasteiger partial charge on any atom is 0.149 e. The summed E-state index contributed by atoms with van der Waals surface area (Å²) in [7, 11) is 0. The number of rotatable bonds is 4. The second-order valence-electron chi connectivity index (χ2n) is 5.92. The topological polar surface area (TPSA) is 63.8 Å². The number of hydrogen-bond acceptors (Lipinski definition) is 6. The minimum Gasteiger partial charge on any atom is -0.382 e. The molecule has 2 aromatic heterocycles. The van der Waals surface area contributed by atoms with E-state index in [1.54, 1.807) is 11.3 Å². The predicted octanol–water partition coefficient (Wildman–Crippen LogP) is 4.39. The van der Waals surface area contributed by atoms with E-state index in [2.05, 4.69) is 33.9 Å². The highest BCUT2D eigenvalue weighted by molar-refractivity contribution is 7.15. The maximum absolute atomic E-state index is 6.07. The third kappa shape index (κ3) is 2.79. The third-order valence-corrected chi connectivity index (χ3v) is 6.39. The molecule has 0 radical (unpaired) electrons. The van der Waals surface area contributed by atoms with E-state index >= 15 is 0 Å². The summed E-state index contributed by atoms with van der Waals surface area (Å²) in [5, 5.41) is 7.80. The Labute approximate surface area is 134 Å². The van der Waals surface area contributed by atoms with Crippen molar-refractivity contribution in [3.63, 3.8) is 0 Å². The lowest BCUT2D eigenvalue weighted by atomic mass is 9.93.